The van der Waals surface area contributed by atoms with E-state index in [0.717, 1.165) is 87.6 Å². The van der Waals surface area contributed by atoms with Crippen LogP contribution in [0.25, 0.3) is 11.4 Å². The van der Waals surface area contributed by atoms with Gasteiger partial charge in [0.2, 0.25) is 5.91 Å². The fraction of sp³-hybridized carbons (Fsp3) is 0.471. The first-order valence-corrected chi connectivity index (χ1v) is 15.1. The molecular weight excluding hydrogens is 518 g/mol. The summed E-state index contributed by atoms with van der Waals surface area (Å²) in [4.78, 5) is 23.6. The van der Waals surface area contributed by atoms with Crippen LogP contribution in [0, 0.1) is 18.8 Å². The highest BCUT2D eigenvalue weighted by Gasteiger charge is 2.30. The largest absolute Gasteiger partial charge is 0.372 e. The van der Waals surface area contributed by atoms with Crippen molar-refractivity contribution in [2.45, 2.75) is 77.6 Å². The van der Waals surface area contributed by atoms with Gasteiger partial charge in [-0.3, -0.25) is 4.79 Å². The van der Waals surface area contributed by atoms with E-state index in [2.05, 4.69) is 39.5 Å². The van der Waals surface area contributed by atoms with Crippen LogP contribution in [0.5, 0.6) is 0 Å². The van der Waals surface area contributed by atoms with Crippen molar-refractivity contribution < 1.29 is 13.6 Å². The van der Waals surface area contributed by atoms with E-state index in [4.69, 9.17) is 4.98 Å². The highest BCUT2D eigenvalue weighted by atomic mass is 19.3. The van der Waals surface area contributed by atoms with Gasteiger partial charge >= 0.3 is 0 Å². The van der Waals surface area contributed by atoms with Crippen molar-refractivity contribution in [2.24, 2.45) is 11.8 Å². The van der Waals surface area contributed by atoms with E-state index in [-0.39, 0.29) is 17.4 Å². The predicted molar refractivity (Wildman–Crippen MR) is 160 cm³/mol. The normalized spacial score (nSPS) is 21.3. The Morgan fingerprint density at radius 3 is 2.61 bits per heavy atom. The molecule has 1 aliphatic carbocycles. The monoisotopic (exact) mass is 558 g/mol. The molecule has 0 saturated carbocycles. The van der Waals surface area contributed by atoms with Crippen LogP contribution in [0.3, 0.4) is 0 Å². The number of hydrogen-bond acceptors (Lipinski definition) is 3. The Balaban J connectivity index is 1.06. The van der Waals surface area contributed by atoms with E-state index >= 15 is 0 Å². The molecule has 3 aliphatic rings. The first-order valence-electron chi connectivity index (χ1n) is 15.1. The number of fused-ring (bicyclic) bond motifs is 1. The molecule has 2 aliphatic heterocycles. The van der Waals surface area contributed by atoms with Gasteiger partial charge in [0.05, 0.1) is 5.69 Å². The number of nitrogens with one attached hydrogen (secondary N) is 2. The minimum atomic E-state index is -2.85. The van der Waals surface area contributed by atoms with E-state index in [1.807, 2.05) is 6.92 Å². The van der Waals surface area contributed by atoms with Crippen molar-refractivity contribution in [3.63, 3.8) is 0 Å². The summed E-state index contributed by atoms with van der Waals surface area (Å²) in [5.41, 5.74) is 7.76. The minimum Gasteiger partial charge on any atom is -0.372 e. The molecule has 41 heavy (non-hydrogen) atoms. The zero-order valence-corrected chi connectivity index (χ0v) is 24.1. The van der Waals surface area contributed by atoms with E-state index in [0.29, 0.717) is 11.7 Å². The maximum absolute atomic E-state index is 13.6. The molecule has 5 nitrogen and oxygen atoms in total. The van der Waals surface area contributed by atoms with Crippen LogP contribution in [-0.2, 0) is 23.6 Å². The zero-order chi connectivity index (χ0) is 28.6. The van der Waals surface area contributed by atoms with Crippen molar-refractivity contribution in [3.8, 4) is 11.4 Å². The van der Waals surface area contributed by atoms with Gasteiger partial charge in [0.25, 0.3) is 5.92 Å². The summed E-state index contributed by atoms with van der Waals surface area (Å²) < 4.78 is 27.2. The summed E-state index contributed by atoms with van der Waals surface area (Å²) in [5, 5.41) is 3.19. The lowest BCUT2D eigenvalue weighted by molar-refractivity contribution is -0.120. The Morgan fingerprint density at radius 1 is 1.07 bits per heavy atom. The molecular formula is C34H40F2N4O. The number of aromatic nitrogens is 2. The van der Waals surface area contributed by atoms with Crippen molar-refractivity contribution in [1.82, 2.24) is 9.97 Å². The van der Waals surface area contributed by atoms with Crippen molar-refractivity contribution in [3.05, 3.63) is 76.6 Å². The number of alkyl halides is 2. The summed E-state index contributed by atoms with van der Waals surface area (Å²) in [7, 11) is 0. The number of halogens is 2. The number of nitrogens with zero attached hydrogens (tertiary/aromatic N) is 2. The Labute approximate surface area is 241 Å². The Morgan fingerprint density at radius 2 is 1.85 bits per heavy atom. The van der Waals surface area contributed by atoms with Crippen LogP contribution in [0.15, 0.2) is 54.1 Å². The van der Waals surface area contributed by atoms with Gasteiger partial charge in [0, 0.05) is 60.5 Å². The van der Waals surface area contributed by atoms with E-state index in [1.165, 1.54) is 41.8 Å². The van der Waals surface area contributed by atoms with Crippen molar-refractivity contribution in [2.75, 3.05) is 23.3 Å². The fourth-order valence-electron chi connectivity index (χ4n) is 6.73. The van der Waals surface area contributed by atoms with E-state index < -0.39 is 5.92 Å². The number of carbonyl (C=O) groups is 1. The molecule has 0 radical (unpaired) electrons. The quantitative estimate of drug-likeness (QED) is 0.289. The first kappa shape index (κ1) is 27.7. The molecule has 1 saturated heterocycles. The lowest BCUT2D eigenvalue weighted by atomic mass is 9.82. The van der Waals surface area contributed by atoms with Crippen LogP contribution < -0.4 is 10.2 Å². The average molecular weight is 559 g/mol. The Hall–Kier alpha value is -3.48. The third-order valence-electron chi connectivity index (χ3n) is 9.20. The molecule has 0 bridgehead atoms. The van der Waals surface area contributed by atoms with Gasteiger partial charge in [0.15, 0.2) is 0 Å². The molecule has 6 rings (SSSR count). The molecule has 1 fully saturated rings. The maximum atomic E-state index is 13.6. The van der Waals surface area contributed by atoms with Crippen molar-refractivity contribution >= 4 is 17.3 Å². The highest BCUT2D eigenvalue weighted by molar-refractivity contribution is 5.96. The number of anilines is 2. The summed E-state index contributed by atoms with van der Waals surface area (Å²) in [5.74, 6) is -1.42. The van der Waals surface area contributed by atoms with E-state index in [9.17, 15) is 13.6 Å². The molecule has 2 atom stereocenters. The third-order valence-corrected chi connectivity index (χ3v) is 9.20. The van der Waals surface area contributed by atoms with Gasteiger partial charge in [-0.05, 0) is 88.0 Å². The highest BCUT2D eigenvalue weighted by Crippen LogP contribution is 2.36. The van der Waals surface area contributed by atoms with Crippen LogP contribution in [0.2, 0.25) is 0 Å². The predicted octanol–water partition coefficient (Wildman–Crippen LogP) is 7.96. The van der Waals surface area contributed by atoms with Crippen molar-refractivity contribution in [1.29, 1.82) is 0 Å². The number of rotatable bonds is 7. The molecule has 3 heterocycles. The lowest BCUT2D eigenvalue weighted by Gasteiger charge is -2.29. The molecule has 3 aromatic rings. The van der Waals surface area contributed by atoms with Crippen LogP contribution >= 0.6 is 0 Å². The van der Waals surface area contributed by atoms with Crippen LogP contribution in [0.1, 0.15) is 74.4 Å². The number of allylic oxidation sites excluding steroid dienone is 2. The smallest absolute Gasteiger partial charge is 0.270 e. The third kappa shape index (κ3) is 6.24. The first-order chi connectivity index (χ1) is 19.7. The molecule has 7 heteroatoms. The minimum absolute atomic E-state index is 0.00432. The fourth-order valence-corrected chi connectivity index (χ4v) is 6.73. The molecule has 2 N–H and O–H groups in total. The molecule has 1 amide bonds. The lowest BCUT2D eigenvalue weighted by Crippen LogP contribution is -2.31. The van der Waals surface area contributed by atoms with Gasteiger partial charge < -0.3 is 15.2 Å². The number of benzene rings is 2. The van der Waals surface area contributed by atoms with Gasteiger partial charge in [-0.2, -0.15) is 0 Å². The molecule has 216 valence electrons. The molecule has 2 aromatic carbocycles. The molecule has 1 aromatic heterocycles. The maximum Gasteiger partial charge on any atom is 0.270 e. The average Bonchev–Trinajstić information content (AvgIpc) is 3.56. The Bertz CT molecular complexity index is 1430. The second kappa shape index (κ2) is 11.4. The molecule has 0 spiro atoms. The summed E-state index contributed by atoms with van der Waals surface area (Å²) in [6.07, 6.45) is 11.6. The zero-order valence-electron chi connectivity index (χ0n) is 24.1. The second-order valence-electron chi connectivity index (χ2n) is 12.3. The number of imidazole rings is 1. The summed E-state index contributed by atoms with van der Waals surface area (Å²) >= 11 is 0. The summed E-state index contributed by atoms with van der Waals surface area (Å²) in [6.45, 7) is 5.18. The number of carbonyl (C=O) groups excluding carboxylic acids is 1. The number of amides is 1. The van der Waals surface area contributed by atoms with Crippen LogP contribution in [-0.4, -0.2) is 29.0 Å². The number of aromatic amines is 1. The number of H-pyrrole nitrogens is 1. The second-order valence-corrected chi connectivity index (χ2v) is 12.3. The summed E-state index contributed by atoms with van der Waals surface area (Å²) in [6, 6.07) is 12.9. The topological polar surface area (TPSA) is 61.0 Å². The van der Waals surface area contributed by atoms with Gasteiger partial charge in [-0.25, -0.2) is 13.8 Å². The SMILES string of the molecule is Cc1[nH]c(-c2ccc(C(C)(F)F)cc2)nc1CC1=CCCC(CC2Cc3cc(N4CCCC4)ccc3NC2=O)CC1. The van der Waals surface area contributed by atoms with Crippen LogP contribution in [0.4, 0.5) is 20.2 Å². The Kier molecular flexibility index (Phi) is 7.71. The standard InChI is InChI=1S/C34H40F2N4O/c1-22-31(38-32(37-22)25-10-12-28(13-11-25)34(2,35)36)19-24-7-5-6-23(8-9-24)18-27-20-26-21-29(40-16-3-4-17-40)14-15-30(26)39-33(27)41/h7,10-15,21,23,27H,3-6,8-9,16-20H2,1-2H3,(H,37,38)(H,39,41). The van der Waals surface area contributed by atoms with E-state index in [1.54, 1.807) is 12.1 Å². The van der Waals surface area contributed by atoms with Gasteiger partial charge in [-0.15, -0.1) is 0 Å². The van der Waals surface area contributed by atoms with Gasteiger partial charge in [0.1, 0.15) is 5.82 Å². The molecule has 2 unspecified atom stereocenters. The number of hydrogen-bond donors (Lipinski definition) is 2. The van der Waals surface area contributed by atoms with Gasteiger partial charge in [-0.1, -0.05) is 35.9 Å². The number of aryl methyl sites for hydroxylation is 1.